The first-order valence-corrected chi connectivity index (χ1v) is 3.56. The van der Waals surface area contributed by atoms with Gasteiger partial charge in [0, 0.05) is 31.9 Å². The lowest BCUT2D eigenvalue weighted by molar-refractivity contribution is 0.308. The van der Waals surface area contributed by atoms with Crippen molar-refractivity contribution in [1.82, 2.24) is 9.80 Å². The number of hydrogen-bond acceptors (Lipinski definition) is 2. The van der Waals surface area contributed by atoms with Crippen LogP contribution in [0.4, 0.5) is 0 Å². The Balaban J connectivity index is 2.87. The lowest BCUT2D eigenvalue weighted by Gasteiger charge is -2.38. The molecule has 0 radical (unpaired) electrons. The summed E-state index contributed by atoms with van der Waals surface area (Å²) in [5.41, 5.74) is 2.11. The van der Waals surface area contributed by atoms with Crippen LogP contribution >= 0.6 is 0 Å². The summed E-state index contributed by atoms with van der Waals surface area (Å²) in [5.74, 6) is 0.936. The van der Waals surface area contributed by atoms with Gasteiger partial charge in [-0.1, -0.05) is 19.7 Å². The van der Waals surface area contributed by atoms with Crippen molar-refractivity contribution in [2.75, 3.05) is 14.1 Å². The van der Waals surface area contributed by atoms with Gasteiger partial charge in [-0.05, 0) is 0 Å². The topological polar surface area (TPSA) is 6.48 Å². The molecule has 1 saturated heterocycles. The van der Waals surface area contributed by atoms with Crippen molar-refractivity contribution in [3.05, 3.63) is 37.0 Å². The SMILES string of the molecule is C=C1CC(=C)N(C)C(=C)N1C. The quantitative estimate of drug-likeness (QED) is 0.519. The second-order valence-electron chi connectivity index (χ2n) is 2.84. The number of rotatable bonds is 0. The van der Waals surface area contributed by atoms with Crippen LogP contribution in [0.5, 0.6) is 0 Å². The fourth-order valence-electron chi connectivity index (χ4n) is 1.06. The van der Waals surface area contributed by atoms with E-state index in [2.05, 4.69) is 19.7 Å². The molecule has 1 fully saturated rings. The maximum absolute atomic E-state index is 3.91. The molecule has 1 rings (SSSR count). The predicted molar refractivity (Wildman–Crippen MR) is 47.6 cm³/mol. The maximum Gasteiger partial charge on any atom is 0.104 e. The zero-order chi connectivity index (χ0) is 8.59. The molecule has 2 heteroatoms. The average molecular weight is 150 g/mol. The molecule has 0 bridgehead atoms. The summed E-state index contributed by atoms with van der Waals surface area (Å²) in [4.78, 5) is 3.96. The highest BCUT2D eigenvalue weighted by Crippen LogP contribution is 2.26. The molecular weight excluding hydrogens is 136 g/mol. The molecule has 0 unspecified atom stereocenters. The highest BCUT2D eigenvalue weighted by Gasteiger charge is 2.19. The van der Waals surface area contributed by atoms with E-state index in [1.165, 1.54) is 0 Å². The van der Waals surface area contributed by atoms with Crippen LogP contribution in [0.1, 0.15) is 6.42 Å². The summed E-state index contributed by atoms with van der Waals surface area (Å²) >= 11 is 0. The van der Waals surface area contributed by atoms with Gasteiger partial charge in [0.05, 0.1) is 0 Å². The molecule has 1 aliphatic heterocycles. The van der Waals surface area contributed by atoms with E-state index in [4.69, 9.17) is 0 Å². The lowest BCUT2D eigenvalue weighted by atomic mass is 10.2. The summed E-state index contributed by atoms with van der Waals surface area (Å²) in [6, 6.07) is 0. The third kappa shape index (κ3) is 1.16. The second kappa shape index (κ2) is 2.46. The molecular formula is C9H14N2. The Bertz CT molecular complexity index is 206. The van der Waals surface area contributed by atoms with E-state index in [9.17, 15) is 0 Å². The monoisotopic (exact) mass is 150 g/mol. The summed E-state index contributed by atoms with van der Waals surface area (Å²) in [7, 11) is 3.93. The highest BCUT2D eigenvalue weighted by atomic mass is 15.3. The Hall–Kier alpha value is -1.18. The normalized spacial score (nSPS) is 19.6. The van der Waals surface area contributed by atoms with Crippen LogP contribution in [-0.2, 0) is 0 Å². The van der Waals surface area contributed by atoms with E-state index in [0.29, 0.717) is 0 Å². The third-order valence-corrected chi connectivity index (χ3v) is 2.13. The van der Waals surface area contributed by atoms with Gasteiger partial charge in [-0.25, -0.2) is 0 Å². The molecule has 0 aromatic rings. The minimum Gasteiger partial charge on any atom is -0.335 e. The number of nitrogens with zero attached hydrogens (tertiary/aromatic N) is 2. The van der Waals surface area contributed by atoms with Crippen molar-refractivity contribution in [2.24, 2.45) is 0 Å². The first kappa shape index (κ1) is 7.92. The first-order valence-electron chi connectivity index (χ1n) is 3.56. The molecule has 0 aromatic heterocycles. The van der Waals surface area contributed by atoms with Crippen LogP contribution in [0.2, 0.25) is 0 Å². The molecule has 1 aliphatic rings. The van der Waals surface area contributed by atoms with Gasteiger partial charge in [-0.3, -0.25) is 0 Å². The smallest absolute Gasteiger partial charge is 0.104 e. The Kier molecular flexibility index (Phi) is 1.77. The van der Waals surface area contributed by atoms with E-state index in [1.807, 2.05) is 23.9 Å². The molecule has 0 N–H and O–H groups in total. The summed E-state index contributed by atoms with van der Waals surface area (Å²) < 4.78 is 0. The van der Waals surface area contributed by atoms with Crippen molar-refractivity contribution >= 4 is 0 Å². The molecule has 2 nitrogen and oxygen atoms in total. The molecule has 60 valence electrons. The van der Waals surface area contributed by atoms with Crippen molar-refractivity contribution in [3.63, 3.8) is 0 Å². The van der Waals surface area contributed by atoms with Gasteiger partial charge in [0.25, 0.3) is 0 Å². The fraction of sp³-hybridized carbons (Fsp3) is 0.333. The lowest BCUT2D eigenvalue weighted by Crippen LogP contribution is -2.33. The molecule has 0 aromatic carbocycles. The van der Waals surface area contributed by atoms with E-state index >= 15 is 0 Å². The molecule has 11 heavy (non-hydrogen) atoms. The maximum atomic E-state index is 3.91. The van der Waals surface area contributed by atoms with Gasteiger partial charge in [0.2, 0.25) is 0 Å². The molecule has 0 amide bonds. The van der Waals surface area contributed by atoms with Crippen LogP contribution < -0.4 is 0 Å². The summed E-state index contributed by atoms with van der Waals surface area (Å²) in [5, 5.41) is 0. The van der Waals surface area contributed by atoms with E-state index in [0.717, 1.165) is 23.6 Å². The van der Waals surface area contributed by atoms with Gasteiger partial charge in [0.1, 0.15) is 5.82 Å². The minimum absolute atomic E-state index is 0.839. The zero-order valence-corrected chi connectivity index (χ0v) is 7.22. The molecule has 0 aliphatic carbocycles. The van der Waals surface area contributed by atoms with Crippen LogP contribution in [0, 0.1) is 0 Å². The van der Waals surface area contributed by atoms with Crippen molar-refractivity contribution in [3.8, 4) is 0 Å². The highest BCUT2D eigenvalue weighted by molar-refractivity contribution is 5.21. The Morgan fingerprint density at radius 3 is 1.73 bits per heavy atom. The molecule has 0 saturated carbocycles. The van der Waals surface area contributed by atoms with Crippen LogP contribution in [0.25, 0.3) is 0 Å². The molecule has 1 heterocycles. The van der Waals surface area contributed by atoms with Crippen LogP contribution in [-0.4, -0.2) is 23.9 Å². The van der Waals surface area contributed by atoms with Gasteiger partial charge in [-0.2, -0.15) is 0 Å². The fourth-order valence-corrected chi connectivity index (χ4v) is 1.06. The minimum atomic E-state index is 0.839. The van der Waals surface area contributed by atoms with E-state index in [-0.39, 0.29) is 0 Å². The average Bonchev–Trinajstić information content (AvgIpc) is 1.97. The van der Waals surface area contributed by atoms with Gasteiger partial charge < -0.3 is 9.80 Å². The Labute approximate surface area is 68.1 Å². The second-order valence-corrected chi connectivity index (χ2v) is 2.84. The van der Waals surface area contributed by atoms with E-state index < -0.39 is 0 Å². The van der Waals surface area contributed by atoms with Crippen molar-refractivity contribution in [1.29, 1.82) is 0 Å². The van der Waals surface area contributed by atoms with Crippen molar-refractivity contribution < 1.29 is 0 Å². The predicted octanol–water partition coefficient (Wildman–Crippen LogP) is 1.75. The van der Waals surface area contributed by atoms with Crippen LogP contribution in [0.15, 0.2) is 37.0 Å². The summed E-state index contributed by atoms with van der Waals surface area (Å²) in [6.07, 6.45) is 0.839. The number of hydrogen-bond donors (Lipinski definition) is 0. The Morgan fingerprint density at radius 1 is 1.00 bits per heavy atom. The first-order chi connectivity index (χ1) is 5.04. The largest absolute Gasteiger partial charge is 0.335 e. The Morgan fingerprint density at radius 2 is 1.36 bits per heavy atom. The third-order valence-electron chi connectivity index (χ3n) is 2.13. The van der Waals surface area contributed by atoms with Gasteiger partial charge in [-0.15, -0.1) is 0 Å². The van der Waals surface area contributed by atoms with Gasteiger partial charge in [0.15, 0.2) is 0 Å². The molecule has 0 spiro atoms. The summed E-state index contributed by atoms with van der Waals surface area (Å²) in [6.45, 7) is 11.7. The van der Waals surface area contributed by atoms with Crippen molar-refractivity contribution in [2.45, 2.75) is 6.42 Å². The molecule has 0 atom stereocenters. The standard InChI is InChI=1S/C9H14N2/c1-7-6-8(2)11(5)9(3)10(7)4/h1-3,6H2,4-5H3. The van der Waals surface area contributed by atoms with Crippen LogP contribution in [0.3, 0.4) is 0 Å². The zero-order valence-electron chi connectivity index (χ0n) is 7.22. The van der Waals surface area contributed by atoms with E-state index in [1.54, 1.807) is 0 Å². The van der Waals surface area contributed by atoms with Gasteiger partial charge >= 0.3 is 0 Å².